The number of hydrogen-bond donors (Lipinski definition) is 1. The fourth-order valence-corrected chi connectivity index (χ4v) is 3.50. The monoisotopic (exact) mass is 368 g/mol. The summed E-state index contributed by atoms with van der Waals surface area (Å²) in [5, 5.41) is 11.8. The molecule has 27 heavy (non-hydrogen) atoms. The van der Waals surface area contributed by atoms with Gasteiger partial charge in [-0.3, -0.25) is 9.78 Å². The Bertz CT molecular complexity index is 741. The summed E-state index contributed by atoms with van der Waals surface area (Å²) in [6.07, 6.45) is 5.16. The topological polar surface area (TPSA) is 83.5 Å². The van der Waals surface area contributed by atoms with Gasteiger partial charge >= 0.3 is 0 Å². The molecule has 4 rings (SSSR count). The lowest BCUT2D eigenvalue weighted by atomic mass is 9.98. The number of carbonyl (C=O) groups excluding carboxylic acids is 1. The summed E-state index contributed by atoms with van der Waals surface area (Å²) in [7, 11) is 0. The predicted molar refractivity (Wildman–Crippen MR) is 102 cm³/mol. The van der Waals surface area contributed by atoms with Gasteiger partial charge in [0.1, 0.15) is 0 Å². The van der Waals surface area contributed by atoms with Crippen molar-refractivity contribution >= 4 is 23.2 Å². The smallest absolute Gasteiger partial charge is 0.225 e. The number of amides is 1. The van der Waals surface area contributed by atoms with Crippen LogP contribution in [0.3, 0.4) is 0 Å². The van der Waals surface area contributed by atoms with Crippen LogP contribution in [-0.2, 0) is 9.53 Å². The molecule has 2 aliphatic rings. The summed E-state index contributed by atoms with van der Waals surface area (Å²) < 4.78 is 5.36. The SMILES string of the molecule is O=C(C1CCOCC1)N1CCN(c2ccc(Nc3cccnc3)nn2)CC1. The van der Waals surface area contributed by atoms with Crippen molar-refractivity contribution in [3.63, 3.8) is 0 Å². The van der Waals surface area contributed by atoms with Crippen molar-refractivity contribution in [2.24, 2.45) is 5.92 Å². The summed E-state index contributed by atoms with van der Waals surface area (Å²) in [6.45, 7) is 4.41. The lowest BCUT2D eigenvalue weighted by Crippen LogP contribution is -2.51. The summed E-state index contributed by atoms with van der Waals surface area (Å²) in [4.78, 5) is 20.9. The van der Waals surface area contributed by atoms with Crippen LogP contribution >= 0.6 is 0 Å². The maximum Gasteiger partial charge on any atom is 0.225 e. The summed E-state index contributed by atoms with van der Waals surface area (Å²) in [5.74, 6) is 1.92. The fraction of sp³-hybridized carbons (Fsp3) is 0.474. The van der Waals surface area contributed by atoms with Gasteiger partial charge in [0, 0.05) is 51.5 Å². The average Bonchev–Trinajstić information content (AvgIpc) is 2.75. The molecule has 0 radical (unpaired) electrons. The van der Waals surface area contributed by atoms with Crippen LogP contribution in [0.15, 0.2) is 36.7 Å². The molecule has 2 aromatic rings. The number of carbonyl (C=O) groups is 1. The first-order valence-corrected chi connectivity index (χ1v) is 9.42. The molecule has 0 atom stereocenters. The number of ether oxygens (including phenoxy) is 1. The van der Waals surface area contributed by atoms with Crippen LogP contribution in [0.4, 0.5) is 17.3 Å². The number of piperazine rings is 1. The Morgan fingerprint density at radius 2 is 1.89 bits per heavy atom. The summed E-state index contributed by atoms with van der Waals surface area (Å²) >= 11 is 0. The molecule has 8 heteroatoms. The van der Waals surface area contributed by atoms with Gasteiger partial charge in [0.15, 0.2) is 11.6 Å². The Labute approximate surface area is 158 Å². The Balaban J connectivity index is 1.31. The van der Waals surface area contributed by atoms with Crippen LogP contribution in [0.2, 0.25) is 0 Å². The van der Waals surface area contributed by atoms with Gasteiger partial charge in [0.25, 0.3) is 0 Å². The van der Waals surface area contributed by atoms with Crippen LogP contribution in [0.25, 0.3) is 0 Å². The van der Waals surface area contributed by atoms with E-state index < -0.39 is 0 Å². The zero-order valence-corrected chi connectivity index (χ0v) is 15.3. The number of nitrogens with zero attached hydrogens (tertiary/aromatic N) is 5. The molecule has 1 N–H and O–H groups in total. The van der Waals surface area contributed by atoms with E-state index in [1.54, 1.807) is 12.4 Å². The second-order valence-electron chi connectivity index (χ2n) is 6.84. The Kier molecular flexibility index (Phi) is 5.43. The molecule has 2 aromatic heterocycles. The van der Waals surface area contributed by atoms with Crippen LogP contribution in [-0.4, -0.2) is 65.4 Å². The maximum absolute atomic E-state index is 12.6. The number of hydrogen-bond acceptors (Lipinski definition) is 7. The minimum atomic E-state index is 0.128. The highest BCUT2D eigenvalue weighted by Crippen LogP contribution is 2.21. The molecular weight excluding hydrogens is 344 g/mol. The van der Waals surface area contributed by atoms with Crippen LogP contribution in [0, 0.1) is 5.92 Å². The predicted octanol–water partition coefficient (Wildman–Crippen LogP) is 1.69. The van der Waals surface area contributed by atoms with Crippen molar-refractivity contribution in [3.8, 4) is 0 Å². The quantitative estimate of drug-likeness (QED) is 0.879. The van der Waals surface area contributed by atoms with Crippen molar-refractivity contribution in [1.82, 2.24) is 20.1 Å². The normalized spacial score (nSPS) is 18.4. The van der Waals surface area contributed by atoms with Crippen molar-refractivity contribution < 1.29 is 9.53 Å². The van der Waals surface area contributed by atoms with Gasteiger partial charge in [0.2, 0.25) is 5.91 Å². The molecule has 0 bridgehead atoms. The van der Waals surface area contributed by atoms with E-state index in [0.29, 0.717) is 19.0 Å². The number of aromatic nitrogens is 3. The molecule has 2 fully saturated rings. The lowest BCUT2D eigenvalue weighted by Gasteiger charge is -2.37. The Morgan fingerprint density at radius 1 is 1.07 bits per heavy atom. The van der Waals surface area contributed by atoms with E-state index in [1.165, 1.54) is 0 Å². The van der Waals surface area contributed by atoms with Gasteiger partial charge in [-0.1, -0.05) is 0 Å². The van der Waals surface area contributed by atoms with E-state index in [4.69, 9.17) is 4.74 Å². The Hall–Kier alpha value is -2.74. The van der Waals surface area contributed by atoms with E-state index in [2.05, 4.69) is 25.4 Å². The first kappa shape index (κ1) is 17.7. The number of pyridine rings is 1. The third-order valence-corrected chi connectivity index (χ3v) is 5.07. The highest BCUT2D eigenvalue weighted by molar-refractivity contribution is 5.79. The first-order chi connectivity index (χ1) is 13.3. The molecular formula is C19H24N6O2. The molecule has 142 valence electrons. The molecule has 2 saturated heterocycles. The molecule has 4 heterocycles. The van der Waals surface area contributed by atoms with Gasteiger partial charge in [-0.05, 0) is 37.1 Å². The van der Waals surface area contributed by atoms with E-state index in [9.17, 15) is 4.79 Å². The zero-order chi connectivity index (χ0) is 18.5. The van der Waals surface area contributed by atoms with Crippen LogP contribution < -0.4 is 10.2 Å². The van der Waals surface area contributed by atoms with E-state index in [1.807, 2.05) is 29.2 Å². The fourth-order valence-electron chi connectivity index (χ4n) is 3.50. The van der Waals surface area contributed by atoms with E-state index in [-0.39, 0.29) is 11.8 Å². The molecule has 2 aliphatic heterocycles. The third-order valence-electron chi connectivity index (χ3n) is 5.07. The van der Waals surface area contributed by atoms with Crippen molar-refractivity contribution in [2.75, 3.05) is 49.6 Å². The number of rotatable bonds is 4. The van der Waals surface area contributed by atoms with Gasteiger partial charge in [-0.15, -0.1) is 10.2 Å². The maximum atomic E-state index is 12.6. The minimum absolute atomic E-state index is 0.128. The molecule has 0 spiro atoms. The van der Waals surface area contributed by atoms with Gasteiger partial charge in [0.05, 0.1) is 11.9 Å². The van der Waals surface area contributed by atoms with Crippen LogP contribution in [0.1, 0.15) is 12.8 Å². The highest BCUT2D eigenvalue weighted by atomic mass is 16.5. The summed E-state index contributed by atoms with van der Waals surface area (Å²) in [5.41, 5.74) is 0.875. The van der Waals surface area contributed by atoms with E-state index >= 15 is 0 Å². The number of anilines is 3. The molecule has 0 saturated carbocycles. The second kappa shape index (κ2) is 8.30. The Morgan fingerprint density at radius 3 is 2.56 bits per heavy atom. The average molecular weight is 368 g/mol. The van der Waals surface area contributed by atoms with Gasteiger partial charge in [-0.25, -0.2) is 0 Å². The molecule has 0 aliphatic carbocycles. The minimum Gasteiger partial charge on any atom is -0.381 e. The lowest BCUT2D eigenvalue weighted by molar-refractivity contribution is -0.138. The van der Waals surface area contributed by atoms with E-state index in [0.717, 1.165) is 50.5 Å². The number of nitrogens with one attached hydrogen (secondary N) is 1. The largest absolute Gasteiger partial charge is 0.381 e. The van der Waals surface area contributed by atoms with Gasteiger partial charge < -0.3 is 19.9 Å². The zero-order valence-electron chi connectivity index (χ0n) is 15.3. The molecule has 8 nitrogen and oxygen atoms in total. The van der Waals surface area contributed by atoms with Gasteiger partial charge in [-0.2, -0.15) is 0 Å². The molecule has 1 amide bonds. The highest BCUT2D eigenvalue weighted by Gasteiger charge is 2.29. The van der Waals surface area contributed by atoms with Crippen molar-refractivity contribution in [2.45, 2.75) is 12.8 Å². The molecule has 0 unspecified atom stereocenters. The third kappa shape index (κ3) is 4.33. The molecule has 0 aromatic carbocycles. The first-order valence-electron chi connectivity index (χ1n) is 9.42. The van der Waals surface area contributed by atoms with Crippen LogP contribution in [0.5, 0.6) is 0 Å². The second-order valence-corrected chi connectivity index (χ2v) is 6.84. The van der Waals surface area contributed by atoms with Crippen molar-refractivity contribution in [3.05, 3.63) is 36.7 Å². The summed E-state index contributed by atoms with van der Waals surface area (Å²) in [6, 6.07) is 7.67. The standard InChI is InChI=1S/C19H24N6O2/c26-19(15-5-12-27-13-6-15)25-10-8-24(9-11-25)18-4-3-17(22-23-18)21-16-2-1-7-20-14-16/h1-4,7,14-15H,5-6,8-13H2,(H,21,22). The van der Waals surface area contributed by atoms with Crippen molar-refractivity contribution in [1.29, 1.82) is 0 Å².